The first-order valence-corrected chi connectivity index (χ1v) is 10.6. The fraction of sp³-hybridized carbons (Fsp3) is 0.458. The number of likely N-dealkylation sites (tertiary alicyclic amines) is 1. The molecule has 30 heavy (non-hydrogen) atoms. The molecule has 2 saturated heterocycles. The molecular formula is C24H29N3O3. The van der Waals surface area contributed by atoms with E-state index in [1.165, 1.54) is 0 Å². The van der Waals surface area contributed by atoms with Crippen LogP contribution in [-0.2, 0) is 9.53 Å². The van der Waals surface area contributed by atoms with Crippen LogP contribution in [0.25, 0.3) is 11.1 Å². The molecule has 6 nitrogen and oxygen atoms in total. The molecule has 0 bridgehead atoms. The lowest BCUT2D eigenvalue weighted by Crippen LogP contribution is -2.45. The highest BCUT2D eigenvalue weighted by Gasteiger charge is 2.51. The smallest absolute Gasteiger partial charge is 0.312 e. The maximum atomic E-state index is 13.5. The number of cyclic esters (lactones) is 1. The maximum Gasteiger partial charge on any atom is 0.312 e. The topological polar surface area (TPSA) is 62.7 Å². The molecular weight excluding hydrogens is 378 g/mol. The van der Waals surface area contributed by atoms with Crippen LogP contribution in [0.15, 0.2) is 42.6 Å². The fourth-order valence-electron chi connectivity index (χ4n) is 4.75. The molecule has 1 unspecified atom stereocenters. The molecule has 6 heteroatoms. The van der Waals surface area contributed by atoms with E-state index in [0.29, 0.717) is 31.5 Å². The van der Waals surface area contributed by atoms with Crippen LogP contribution in [-0.4, -0.2) is 66.5 Å². The summed E-state index contributed by atoms with van der Waals surface area (Å²) in [5.74, 6) is -0.102. The number of aromatic nitrogens is 1. The highest BCUT2D eigenvalue weighted by Crippen LogP contribution is 2.43. The number of carbonyl (C=O) groups is 2. The number of likely N-dealkylation sites (N-methyl/N-ethyl adjacent to an activating group) is 1. The standard InChI is InChI=1S/C24H29N3O3/c1-17-21(20(9-12-25-17)18-7-5-4-6-8-18)22(28)27-13-10-24(11-14-27)15-19(16-26(2)3)30-23(24)29/h4-9,12,19H,10-11,13-16H2,1-3H3. The highest BCUT2D eigenvalue weighted by molar-refractivity contribution is 6.02. The zero-order chi connectivity index (χ0) is 21.3. The third-order valence-corrected chi connectivity index (χ3v) is 6.34. The number of rotatable bonds is 4. The molecule has 1 atom stereocenters. The van der Waals surface area contributed by atoms with E-state index in [4.69, 9.17) is 4.74 Å². The van der Waals surface area contributed by atoms with Crippen LogP contribution in [0.2, 0.25) is 0 Å². The van der Waals surface area contributed by atoms with Crippen molar-refractivity contribution < 1.29 is 14.3 Å². The van der Waals surface area contributed by atoms with Gasteiger partial charge in [0.1, 0.15) is 6.10 Å². The maximum absolute atomic E-state index is 13.5. The van der Waals surface area contributed by atoms with Crippen LogP contribution in [0, 0.1) is 12.3 Å². The molecule has 0 N–H and O–H groups in total. The molecule has 1 amide bonds. The summed E-state index contributed by atoms with van der Waals surface area (Å²) in [6.07, 6.45) is 3.75. The molecule has 1 spiro atoms. The van der Waals surface area contributed by atoms with Gasteiger partial charge in [-0.15, -0.1) is 0 Å². The number of benzene rings is 1. The van der Waals surface area contributed by atoms with Crippen molar-refractivity contribution in [3.63, 3.8) is 0 Å². The van der Waals surface area contributed by atoms with Crippen molar-refractivity contribution in [3.8, 4) is 11.1 Å². The Hall–Kier alpha value is -2.73. The Morgan fingerprint density at radius 2 is 1.90 bits per heavy atom. The molecule has 3 heterocycles. The molecule has 0 saturated carbocycles. The van der Waals surface area contributed by atoms with E-state index in [1.54, 1.807) is 6.20 Å². The lowest BCUT2D eigenvalue weighted by atomic mass is 9.76. The first kappa shape index (κ1) is 20.5. The number of aryl methyl sites for hydroxylation is 1. The molecule has 1 aromatic heterocycles. The summed E-state index contributed by atoms with van der Waals surface area (Å²) in [4.78, 5) is 34.4. The van der Waals surface area contributed by atoms with Gasteiger partial charge in [0.05, 0.1) is 16.7 Å². The first-order valence-electron chi connectivity index (χ1n) is 10.6. The van der Waals surface area contributed by atoms with Gasteiger partial charge in [-0.1, -0.05) is 30.3 Å². The summed E-state index contributed by atoms with van der Waals surface area (Å²) in [7, 11) is 3.97. The second-order valence-corrected chi connectivity index (χ2v) is 8.75. The summed E-state index contributed by atoms with van der Waals surface area (Å²) < 4.78 is 5.65. The Kier molecular flexibility index (Phi) is 5.60. The van der Waals surface area contributed by atoms with Gasteiger partial charge < -0.3 is 14.5 Å². The third kappa shape index (κ3) is 3.84. The van der Waals surface area contributed by atoms with Gasteiger partial charge in [0.2, 0.25) is 0 Å². The van der Waals surface area contributed by atoms with E-state index < -0.39 is 5.41 Å². The molecule has 0 aliphatic carbocycles. The van der Waals surface area contributed by atoms with Gasteiger partial charge in [0.25, 0.3) is 5.91 Å². The summed E-state index contributed by atoms with van der Waals surface area (Å²) in [6, 6.07) is 11.8. The molecule has 158 valence electrons. The number of pyridine rings is 1. The number of nitrogens with zero attached hydrogens (tertiary/aromatic N) is 3. The van der Waals surface area contributed by atoms with Crippen molar-refractivity contribution >= 4 is 11.9 Å². The molecule has 2 aliphatic heterocycles. The van der Waals surface area contributed by atoms with Crippen molar-refractivity contribution in [2.45, 2.75) is 32.3 Å². The van der Waals surface area contributed by atoms with E-state index in [2.05, 4.69) is 4.98 Å². The zero-order valence-corrected chi connectivity index (χ0v) is 17.9. The van der Waals surface area contributed by atoms with Crippen LogP contribution in [0.3, 0.4) is 0 Å². The van der Waals surface area contributed by atoms with Gasteiger partial charge in [0, 0.05) is 32.3 Å². The quantitative estimate of drug-likeness (QED) is 0.729. The van der Waals surface area contributed by atoms with Gasteiger partial charge >= 0.3 is 5.97 Å². The number of esters is 1. The van der Waals surface area contributed by atoms with Crippen LogP contribution < -0.4 is 0 Å². The summed E-state index contributed by atoms with van der Waals surface area (Å²) in [5.41, 5.74) is 2.85. The van der Waals surface area contributed by atoms with Gasteiger partial charge in [-0.05, 0) is 51.1 Å². The Balaban J connectivity index is 1.52. The summed E-state index contributed by atoms with van der Waals surface area (Å²) >= 11 is 0. The summed E-state index contributed by atoms with van der Waals surface area (Å²) in [5, 5.41) is 0. The van der Waals surface area contributed by atoms with Gasteiger partial charge in [0.15, 0.2) is 0 Å². The molecule has 2 aromatic rings. The fourth-order valence-corrected chi connectivity index (χ4v) is 4.75. The van der Waals surface area contributed by atoms with E-state index in [1.807, 2.05) is 67.2 Å². The van der Waals surface area contributed by atoms with Crippen LogP contribution in [0.1, 0.15) is 35.3 Å². The Morgan fingerprint density at radius 1 is 1.20 bits per heavy atom. The second kappa shape index (κ2) is 8.19. The van der Waals surface area contributed by atoms with Gasteiger partial charge in [-0.2, -0.15) is 0 Å². The highest BCUT2D eigenvalue weighted by atomic mass is 16.6. The first-order chi connectivity index (χ1) is 14.4. The van der Waals surface area contributed by atoms with E-state index in [-0.39, 0.29) is 18.0 Å². The molecule has 2 fully saturated rings. The average Bonchev–Trinajstić information content (AvgIpc) is 3.02. The molecule has 2 aliphatic rings. The van der Waals surface area contributed by atoms with Crippen molar-refractivity contribution in [1.82, 2.24) is 14.8 Å². The van der Waals surface area contributed by atoms with Crippen LogP contribution in [0.4, 0.5) is 0 Å². The van der Waals surface area contributed by atoms with E-state index >= 15 is 0 Å². The largest absolute Gasteiger partial charge is 0.461 e. The predicted molar refractivity (Wildman–Crippen MR) is 115 cm³/mol. The van der Waals surface area contributed by atoms with Crippen molar-refractivity contribution in [2.75, 3.05) is 33.7 Å². The summed E-state index contributed by atoms with van der Waals surface area (Å²) in [6.45, 7) is 3.74. The zero-order valence-electron chi connectivity index (χ0n) is 17.9. The lowest BCUT2D eigenvalue weighted by molar-refractivity contribution is -0.150. The number of piperidine rings is 1. The lowest BCUT2D eigenvalue weighted by Gasteiger charge is -2.37. The van der Waals surface area contributed by atoms with Crippen molar-refractivity contribution in [3.05, 3.63) is 53.9 Å². The monoisotopic (exact) mass is 407 g/mol. The molecule has 4 rings (SSSR count). The Labute approximate surface area is 177 Å². The normalized spacial score (nSPS) is 20.6. The minimum atomic E-state index is -0.441. The van der Waals surface area contributed by atoms with Crippen LogP contribution >= 0.6 is 0 Å². The van der Waals surface area contributed by atoms with Crippen LogP contribution in [0.5, 0.6) is 0 Å². The van der Waals surface area contributed by atoms with Crippen molar-refractivity contribution in [2.24, 2.45) is 5.41 Å². The van der Waals surface area contributed by atoms with Crippen molar-refractivity contribution in [1.29, 1.82) is 0 Å². The Morgan fingerprint density at radius 3 is 2.57 bits per heavy atom. The number of carbonyl (C=O) groups excluding carboxylic acids is 2. The van der Waals surface area contributed by atoms with E-state index in [9.17, 15) is 9.59 Å². The number of amides is 1. The Bertz CT molecular complexity index is 934. The predicted octanol–water partition coefficient (Wildman–Crippen LogP) is 3.16. The number of ether oxygens (including phenoxy) is 1. The molecule has 0 radical (unpaired) electrons. The minimum Gasteiger partial charge on any atom is -0.461 e. The second-order valence-electron chi connectivity index (χ2n) is 8.75. The van der Waals surface area contributed by atoms with Gasteiger partial charge in [-0.3, -0.25) is 14.6 Å². The number of hydrogen-bond acceptors (Lipinski definition) is 5. The third-order valence-electron chi connectivity index (χ3n) is 6.34. The van der Waals surface area contributed by atoms with Gasteiger partial charge in [-0.25, -0.2) is 0 Å². The SMILES string of the molecule is Cc1nccc(-c2ccccc2)c1C(=O)N1CCC2(CC1)CC(CN(C)C)OC2=O. The number of hydrogen-bond donors (Lipinski definition) is 0. The average molecular weight is 408 g/mol. The molecule has 1 aromatic carbocycles. The minimum absolute atomic E-state index is 0.00879. The van der Waals surface area contributed by atoms with E-state index in [0.717, 1.165) is 29.8 Å².